The average molecular weight is 372 g/mol. The molecule has 2 aliphatic rings. The van der Waals surface area contributed by atoms with E-state index in [2.05, 4.69) is 4.98 Å². The maximum absolute atomic E-state index is 14.1. The number of allylic oxidation sites excluding steroid dienone is 4. The Labute approximate surface area is 153 Å². The van der Waals surface area contributed by atoms with E-state index >= 15 is 0 Å². The molecule has 0 bridgehead atoms. The summed E-state index contributed by atoms with van der Waals surface area (Å²) in [7, 11) is -3.58. The molecule has 1 aromatic heterocycles. The Balaban J connectivity index is 1.56. The molecular formula is C20H21FN2O2S. The summed E-state index contributed by atoms with van der Waals surface area (Å²) < 4.78 is 41.9. The van der Waals surface area contributed by atoms with Crippen LogP contribution in [-0.4, -0.2) is 30.8 Å². The molecule has 1 aromatic carbocycles. The highest BCUT2D eigenvalue weighted by Crippen LogP contribution is 2.36. The fourth-order valence-corrected chi connectivity index (χ4v) is 5.63. The molecule has 0 amide bonds. The molecule has 1 atom stereocenters. The first-order chi connectivity index (χ1) is 12.6. The normalized spacial score (nSPS) is 22.5. The summed E-state index contributed by atoms with van der Waals surface area (Å²) in [6.45, 7) is 0.845. The number of hydrogen-bond donors (Lipinski definition) is 0. The lowest BCUT2D eigenvalue weighted by Gasteiger charge is -2.34. The molecule has 1 fully saturated rings. The predicted molar refractivity (Wildman–Crippen MR) is 99.7 cm³/mol. The van der Waals surface area contributed by atoms with Crippen molar-refractivity contribution in [3.05, 3.63) is 60.7 Å². The van der Waals surface area contributed by atoms with Crippen LogP contribution in [0, 0.1) is 11.8 Å². The minimum Gasteiger partial charge on any atom is -0.264 e. The monoisotopic (exact) mass is 372 g/mol. The van der Waals surface area contributed by atoms with Crippen LogP contribution < -0.4 is 0 Å². The molecule has 4 nitrogen and oxygen atoms in total. The van der Waals surface area contributed by atoms with Gasteiger partial charge < -0.3 is 0 Å². The van der Waals surface area contributed by atoms with Gasteiger partial charge >= 0.3 is 0 Å². The minimum absolute atomic E-state index is 0.0737. The van der Waals surface area contributed by atoms with Crippen LogP contribution in [0.5, 0.6) is 0 Å². The van der Waals surface area contributed by atoms with Crippen LogP contribution in [0.3, 0.4) is 0 Å². The Morgan fingerprint density at radius 1 is 1.15 bits per heavy atom. The third-order valence-corrected chi connectivity index (χ3v) is 7.33. The van der Waals surface area contributed by atoms with Crippen molar-refractivity contribution in [1.82, 2.24) is 9.29 Å². The summed E-state index contributed by atoms with van der Waals surface area (Å²) in [4.78, 5) is 4.38. The zero-order valence-electron chi connectivity index (χ0n) is 14.4. The van der Waals surface area contributed by atoms with Crippen LogP contribution in [0.2, 0.25) is 0 Å². The van der Waals surface area contributed by atoms with Gasteiger partial charge in [-0.2, -0.15) is 4.31 Å². The number of benzene rings is 1. The topological polar surface area (TPSA) is 50.3 Å². The standard InChI is InChI=1S/C20H21FN2O2S/c21-19-6-2-1-5-17(19)15-9-12-23(13-10-15)26(24,25)20-7-3-4-16-14-22-11-8-18(16)20/h1,3-8,11,14-15,17H,2,9-10,12-13H2. The van der Waals surface area contributed by atoms with Crippen LogP contribution in [-0.2, 0) is 10.0 Å². The molecule has 26 heavy (non-hydrogen) atoms. The van der Waals surface area contributed by atoms with Crippen molar-refractivity contribution in [3.8, 4) is 0 Å². The lowest BCUT2D eigenvalue weighted by Crippen LogP contribution is -2.40. The summed E-state index contributed by atoms with van der Waals surface area (Å²) >= 11 is 0. The third kappa shape index (κ3) is 3.08. The first kappa shape index (κ1) is 17.4. The zero-order chi connectivity index (χ0) is 18.1. The lowest BCUT2D eigenvalue weighted by molar-refractivity contribution is 0.231. The van der Waals surface area contributed by atoms with Crippen molar-refractivity contribution in [3.63, 3.8) is 0 Å². The molecule has 136 valence electrons. The second kappa shape index (κ2) is 6.93. The van der Waals surface area contributed by atoms with E-state index in [-0.39, 0.29) is 17.7 Å². The largest absolute Gasteiger partial charge is 0.264 e. The second-order valence-electron chi connectivity index (χ2n) is 6.87. The van der Waals surface area contributed by atoms with Gasteiger partial charge in [-0.05, 0) is 43.4 Å². The summed E-state index contributed by atoms with van der Waals surface area (Å²) in [5.74, 6) is -0.112. The Morgan fingerprint density at radius 2 is 1.96 bits per heavy atom. The summed E-state index contributed by atoms with van der Waals surface area (Å²) in [5, 5.41) is 1.50. The van der Waals surface area contributed by atoms with Crippen molar-refractivity contribution in [2.45, 2.75) is 24.2 Å². The molecule has 6 heteroatoms. The molecule has 2 aromatic rings. The van der Waals surface area contributed by atoms with Gasteiger partial charge in [0.15, 0.2) is 0 Å². The molecule has 1 aliphatic carbocycles. The van der Waals surface area contributed by atoms with Gasteiger partial charge in [0.05, 0.1) is 4.90 Å². The molecule has 1 unspecified atom stereocenters. The Bertz CT molecular complexity index is 971. The molecule has 0 saturated carbocycles. The minimum atomic E-state index is -3.58. The summed E-state index contributed by atoms with van der Waals surface area (Å²) in [5.41, 5.74) is 0. The lowest BCUT2D eigenvalue weighted by atomic mass is 9.82. The molecule has 1 saturated heterocycles. The third-order valence-electron chi connectivity index (χ3n) is 5.38. The van der Waals surface area contributed by atoms with Gasteiger partial charge in [-0.3, -0.25) is 4.98 Å². The van der Waals surface area contributed by atoms with Gasteiger partial charge in [-0.15, -0.1) is 0 Å². The quantitative estimate of drug-likeness (QED) is 0.764. The smallest absolute Gasteiger partial charge is 0.243 e. The van der Waals surface area contributed by atoms with E-state index in [1.807, 2.05) is 18.2 Å². The average Bonchev–Trinajstić information content (AvgIpc) is 2.68. The number of piperidine rings is 1. The Kier molecular flexibility index (Phi) is 4.63. The number of fused-ring (bicyclic) bond motifs is 1. The number of sulfonamides is 1. The Hall–Kier alpha value is -2.05. The molecule has 0 N–H and O–H groups in total. The highest BCUT2D eigenvalue weighted by molar-refractivity contribution is 7.89. The van der Waals surface area contributed by atoms with E-state index in [9.17, 15) is 12.8 Å². The van der Waals surface area contributed by atoms with Crippen LogP contribution in [0.25, 0.3) is 10.8 Å². The first-order valence-electron chi connectivity index (χ1n) is 8.92. The molecule has 4 rings (SSSR count). The second-order valence-corrected chi connectivity index (χ2v) is 8.78. The molecule has 0 radical (unpaired) electrons. The first-order valence-corrected chi connectivity index (χ1v) is 10.4. The van der Waals surface area contributed by atoms with Crippen molar-refractivity contribution in [2.24, 2.45) is 11.8 Å². The van der Waals surface area contributed by atoms with E-state index < -0.39 is 10.0 Å². The molecular weight excluding hydrogens is 351 g/mol. The van der Waals surface area contributed by atoms with E-state index in [0.717, 1.165) is 5.39 Å². The number of nitrogens with zero attached hydrogens (tertiary/aromatic N) is 2. The molecule has 1 aliphatic heterocycles. The van der Waals surface area contributed by atoms with Gasteiger partial charge in [0, 0.05) is 42.2 Å². The maximum atomic E-state index is 14.1. The van der Waals surface area contributed by atoms with E-state index in [0.29, 0.717) is 42.6 Å². The highest BCUT2D eigenvalue weighted by atomic mass is 32.2. The van der Waals surface area contributed by atoms with Crippen LogP contribution in [0.4, 0.5) is 4.39 Å². The summed E-state index contributed by atoms with van der Waals surface area (Å²) in [6.07, 6.45) is 10.8. The van der Waals surface area contributed by atoms with Gasteiger partial charge in [-0.25, -0.2) is 12.8 Å². The number of hydrogen-bond acceptors (Lipinski definition) is 3. The van der Waals surface area contributed by atoms with E-state index in [4.69, 9.17) is 0 Å². The fraction of sp³-hybridized carbons (Fsp3) is 0.350. The van der Waals surface area contributed by atoms with Gasteiger partial charge in [0.2, 0.25) is 10.0 Å². The van der Waals surface area contributed by atoms with Crippen LogP contribution in [0.1, 0.15) is 19.3 Å². The van der Waals surface area contributed by atoms with Gasteiger partial charge in [-0.1, -0.05) is 24.3 Å². The SMILES string of the molecule is O=S(=O)(c1cccc2cnccc12)N1CCC(C2C=CCC=C2F)CC1. The number of aromatic nitrogens is 1. The van der Waals surface area contributed by atoms with E-state index in [1.54, 1.807) is 36.7 Å². The van der Waals surface area contributed by atoms with Crippen molar-refractivity contribution >= 4 is 20.8 Å². The van der Waals surface area contributed by atoms with Gasteiger partial charge in [0.1, 0.15) is 5.83 Å². The highest BCUT2D eigenvalue weighted by Gasteiger charge is 2.34. The van der Waals surface area contributed by atoms with Crippen molar-refractivity contribution in [2.75, 3.05) is 13.1 Å². The predicted octanol–water partition coefficient (Wildman–Crippen LogP) is 4.07. The molecule has 2 heterocycles. The van der Waals surface area contributed by atoms with E-state index in [1.165, 1.54) is 4.31 Å². The zero-order valence-corrected chi connectivity index (χ0v) is 15.2. The van der Waals surface area contributed by atoms with Crippen molar-refractivity contribution in [1.29, 1.82) is 0 Å². The van der Waals surface area contributed by atoms with Crippen molar-refractivity contribution < 1.29 is 12.8 Å². The van der Waals surface area contributed by atoms with Gasteiger partial charge in [0.25, 0.3) is 0 Å². The maximum Gasteiger partial charge on any atom is 0.243 e. The van der Waals surface area contributed by atoms with Crippen LogP contribution in [0.15, 0.2) is 65.6 Å². The number of rotatable bonds is 3. The summed E-state index contributed by atoms with van der Waals surface area (Å²) in [6, 6.07) is 6.99. The Morgan fingerprint density at radius 3 is 2.73 bits per heavy atom. The fourth-order valence-electron chi connectivity index (χ4n) is 3.95. The number of halogens is 1. The number of pyridine rings is 1. The molecule has 0 spiro atoms. The van der Waals surface area contributed by atoms with Crippen LogP contribution >= 0.6 is 0 Å².